The Hall–Kier alpha value is -2.46. The van der Waals surface area contributed by atoms with Gasteiger partial charge in [0.25, 0.3) is 0 Å². The first-order valence-corrected chi connectivity index (χ1v) is 41.7. The van der Waals surface area contributed by atoms with E-state index in [1.165, 1.54) is 154 Å². The Morgan fingerprint density at radius 2 is 0.568 bits per heavy atom. The number of aliphatic hydroxyl groups excluding tert-OH is 1. The minimum Gasteiger partial charge on any atom is -0.462 e. The van der Waals surface area contributed by atoms with Gasteiger partial charge in [0.2, 0.25) is 0 Å². The van der Waals surface area contributed by atoms with Crippen molar-refractivity contribution in [2.75, 3.05) is 39.6 Å². The summed E-state index contributed by atoms with van der Waals surface area (Å²) in [5, 5.41) is 10.6. The molecule has 95 heavy (non-hydrogen) atoms. The van der Waals surface area contributed by atoms with Crippen LogP contribution in [0.15, 0.2) is 24.3 Å². The number of carbonyl (C=O) groups excluding carboxylic acids is 4. The molecule has 3 N–H and O–H groups in total. The second-order valence-electron chi connectivity index (χ2n) is 28.1. The van der Waals surface area contributed by atoms with Crippen molar-refractivity contribution in [3.05, 3.63) is 24.3 Å². The maximum Gasteiger partial charge on any atom is 0.472 e. The summed E-state index contributed by atoms with van der Waals surface area (Å²) in [7, 11) is -9.92. The summed E-state index contributed by atoms with van der Waals surface area (Å²) in [5.41, 5.74) is 0. The Morgan fingerprint density at radius 3 is 0.853 bits per heavy atom. The second-order valence-corrected chi connectivity index (χ2v) is 31.0. The molecule has 0 aromatic heterocycles. The third kappa shape index (κ3) is 69.8. The molecule has 19 heteroatoms. The third-order valence-corrected chi connectivity index (χ3v) is 18.9. The molecule has 0 aromatic carbocycles. The number of phosphoric ester groups is 2. The van der Waals surface area contributed by atoms with Gasteiger partial charge in [-0.05, 0) is 69.1 Å². The number of rotatable bonds is 72. The third-order valence-electron chi connectivity index (χ3n) is 17.0. The van der Waals surface area contributed by atoms with Gasteiger partial charge in [0, 0.05) is 25.7 Å². The monoisotopic (exact) mass is 1390 g/mol. The van der Waals surface area contributed by atoms with Crippen LogP contribution < -0.4 is 0 Å². The standard InChI is InChI=1S/C76H144O17P2/c1-8-9-10-11-12-13-14-15-16-21-24-30-37-45-52-59-75(80)93-72(64-87-74(79)58-51-44-39-32-35-42-49-56-69(6)7)66-91-95(84,85)89-62-70(77)61-88-94(82,83)90-65-71(92-76(81)60-53-46-38-31-26-25-28-34-41-48-55-68(4)5)63-86-73(78)57-50-43-36-29-23-20-18-17-19-22-27-33-40-47-54-67(2)3/h13-16,67-72,77H,8-12,17-66H2,1-7H3,(H,82,83)(H,84,85)/b14-13-,16-15-/t70?,71-,72-/m1/s1. The van der Waals surface area contributed by atoms with Crippen LogP contribution in [0, 0.1) is 17.8 Å². The fourth-order valence-electron chi connectivity index (χ4n) is 11.1. The van der Waals surface area contributed by atoms with Crippen LogP contribution in [0.4, 0.5) is 0 Å². The number of hydrogen-bond acceptors (Lipinski definition) is 15. The van der Waals surface area contributed by atoms with Gasteiger partial charge in [0.1, 0.15) is 19.3 Å². The van der Waals surface area contributed by atoms with Crippen molar-refractivity contribution in [1.82, 2.24) is 0 Å². The number of esters is 4. The number of phosphoric acid groups is 2. The first-order valence-electron chi connectivity index (χ1n) is 38.7. The molecule has 0 fully saturated rings. The molecular weight excluding hydrogens is 1250 g/mol. The van der Waals surface area contributed by atoms with Crippen molar-refractivity contribution in [1.29, 1.82) is 0 Å². The fourth-order valence-corrected chi connectivity index (χ4v) is 12.6. The first kappa shape index (κ1) is 92.5. The molecule has 0 spiro atoms. The second kappa shape index (κ2) is 66.1. The predicted octanol–water partition coefficient (Wildman–Crippen LogP) is 21.7. The minimum absolute atomic E-state index is 0.0839. The molecule has 5 atom stereocenters. The van der Waals surface area contributed by atoms with Crippen LogP contribution >= 0.6 is 15.6 Å². The Bertz CT molecular complexity index is 1950. The van der Waals surface area contributed by atoms with E-state index in [0.717, 1.165) is 121 Å². The Balaban J connectivity index is 5.27. The van der Waals surface area contributed by atoms with Gasteiger partial charge in [-0.1, -0.05) is 310 Å². The van der Waals surface area contributed by atoms with E-state index in [1.807, 2.05) is 0 Å². The van der Waals surface area contributed by atoms with Crippen LogP contribution in [0.25, 0.3) is 0 Å². The summed E-state index contributed by atoms with van der Waals surface area (Å²) in [6, 6.07) is 0. The molecule has 3 unspecified atom stereocenters. The Kier molecular flexibility index (Phi) is 64.4. The quantitative estimate of drug-likeness (QED) is 0.0169. The summed E-state index contributed by atoms with van der Waals surface area (Å²) in [4.78, 5) is 72.8. The van der Waals surface area contributed by atoms with E-state index >= 15 is 0 Å². The maximum atomic E-state index is 13.1. The van der Waals surface area contributed by atoms with E-state index in [-0.39, 0.29) is 25.7 Å². The molecule has 0 aliphatic heterocycles. The van der Waals surface area contributed by atoms with E-state index in [0.29, 0.717) is 31.6 Å². The molecule has 0 saturated heterocycles. The van der Waals surface area contributed by atoms with E-state index in [4.69, 9.17) is 37.0 Å². The highest BCUT2D eigenvalue weighted by Crippen LogP contribution is 2.45. The van der Waals surface area contributed by atoms with Crippen LogP contribution in [0.5, 0.6) is 0 Å². The molecule has 0 aromatic rings. The summed E-state index contributed by atoms with van der Waals surface area (Å²) in [6.07, 6.45) is 55.0. The number of ether oxygens (including phenoxy) is 4. The topological polar surface area (TPSA) is 237 Å². The highest BCUT2D eigenvalue weighted by molar-refractivity contribution is 7.47. The number of carbonyl (C=O) groups is 4. The van der Waals surface area contributed by atoms with Crippen LogP contribution in [0.3, 0.4) is 0 Å². The van der Waals surface area contributed by atoms with Gasteiger partial charge in [-0.15, -0.1) is 0 Å². The molecular formula is C76H144O17P2. The lowest BCUT2D eigenvalue weighted by Gasteiger charge is -2.21. The minimum atomic E-state index is -4.96. The smallest absolute Gasteiger partial charge is 0.462 e. The largest absolute Gasteiger partial charge is 0.472 e. The maximum absolute atomic E-state index is 13.1. The van der Waals surface area contributed by atoms with E-state index < -0.39 is 97.5 Å². The van der Waals surface area contributed by atoms with Gasteiger partial charge in [0.05, 0.1) is 26.4 Å². The van der Waals surface area contributed by atoms with Crippen molar-refractivity contribution in [2.24, 2.45) is 17.8 Å². The van der Waals surface area contributed by atoms with Crippen LogP contribution in [-0.4, -0.2) is 96.7 Å². The lowest BCUT2D eigenvalue weighted by Crippen LogP contribution is -2.30. The summed E-state index contributed by atoms with van der Waals surface area (Å²) < 4.78 is 68.5. The molecule has 560 valence electrons. The Labute approximate surface area is 580 Å². The lowest BCUT2D eigenvalue weighted by atomic mass is 10.0. The van der Waals surface area contributed by atoms with Gasteiger partial charge >= 0.3 is 39.5 Å². The van der Waals surface area contributed by atoms with Crippen molar-refractivity contribution in [2.45, 2.75) is 381 Å². The van der Waals surface area contributed by atoms with Gasteiger partial charge in [-0.2, -0.15) is 0 Å². The van der Waals surface area contributed by atoms with E-state index in [1.54, 1.807) is 0 Å². The Morgan fingerprint density at radius 1 is 0.326 bits per heavy atom. The number of allylic oxidation sites excluding steroid dienone is 4. The number of unbranched alkanes of at least 4 members (excludes halogenated alkanes) is 37. The van der Waals surface area contributed by atoms with Gasteiger partial charge in [-0.3, -0.25) is 37.3 Å². The van der Waals surface area contributed by atoms with Crippen molar-refractivity contribution >= 4 is 39.5 Å². The molecule has 0 saturated carbocycles. The highest BCUT2D eigenvalue weighted by Gasteiger charge is 2.30. The molecule has 0 bridgehead atoms. The fraction of sp³-hybridized carbons (Fsp3) is 0.895. The normalized spacial score (nSPS) is 14.2. The molecule has 0 radical (unpaired) electrons. The zero-order chi connectivity index (χ0) is 70.1. The summed E-state index contributed by atoms with van der Waals surface area (Å²) in [6.45, 7) is 11.8. The van der Waals surface area contributed by atoms with Gasteiger partial charge in [0.15, 0.2) is 12.2 Å². The number of hydrogen-bond donors (Lipinski definition) is 3. The van der Waals surface area contributed by atoms with E-state index in [9.17, 15) is 43.2 Å². The zero-order valence-corrected chi connectivity index (χ0v) is 63.4. The van der Waals surface area contributed by atoms with Crippen molar-refractivity contribution in [3.63, 3.8) is 0 Å². The number of aliphatic hydroxyl groups is 1. The molecule has 0 rings (SSSR count). The molecule has 0 aliphatic carbocycles. The van der Waals surface area contributed by atoms with E-state index in [2.05, 4.69) is 72.8 Å². The van der Waals surface area contributed by atoms with Crippen molar-refractivity contribution < 1.29 is 80.2 Å². The SMILES string of the molecule is CCCCCC/C=C\C=C/CCCCCCCC(=O)O[C@H](COC(=O)CCCCCCCCCC(C)C)COP(=O)(O)OCC(O)COP(=O)(O)OC[C@@H](COC(=O)CCCCCCCCCCCCCCCCC(C)C)OC(=O)CCCCCCCCCCCCC(C)C. The van der Waals surface area contributed by atoms with Crippen molar-refractivity contribution in [3.8, 4) is 0 Å². The highest BCUT2D eigenvalue weighted by atomic mass is 31.2. The first-order chi connectivity index (χ1) is 45.7. The van der Waals surface area contributed by atoms with Crippen LogP contribution in [0.1, 0.15) is 363 Å². The van der Waals surface area contributed by atoms with Gasteiger partial charge in [-0.25, -0.2) is 9.13 Å². The molecule has 17 nitrogen and oxygen atoms in total. The molecule has 0 aliphatic rings. The zero-order valence-electron chi connectivity index (χ0n) is 61.6. The lowest BCUT2D eigenvalue weighted by molar-refractivity contribution is -0.161. The predicted molar refractivity (Wildman–Crippen MR) is 386 cm³/mol. The summed E-state index contributed by atoms with van der Waals surface area (Å²) >= 11 is 0. The van der Waals surface area contributed by atoms with Crippen LogP contribution in [0.2, 0.25) is 0 Å². The van der Waals surface area contributed by atoms with Crippen LogP contribution in [-0.2, 0) is 65.4 Å². The average molecular weight is 1390 g/mol. The summed E-state index contributed by atoms with van der Waals surface area (Å²) in [5.74, 6) is 0.100. The molecule has 0 heterocycles. The van der Waals surface area contributed by atoms with Gasteiger partial charge < -0.3 is 33.8 Å². The molecule has 0 amide bonds. The average Bonchev–Trinajstić information content (AvgIpc) is 3.69.